The monoisotopic (exact) mass is 385 g/mol. The Morgan fingerprint density at radius 1 is 1.15 bits per heavy atom. The van der Waals surface area contributed by atoms with Gasteiger partial charge in [-0.3, -0.25) is 10.1 Å². The molecule has 0 amide bonds. The predicted octanol–water partition coefficient (Wildman–Crippen LogP) is 3.27. The van der Waals surface area contributed by atoms with Crippen molar-refractivity contribution in [2.75, 3.05) is 0 Å². The van der Waals surface area contributed by atoms with Crippen LogP contribution in [0.25, 0.3) is 0 Å². The van der Waals surface area contributed by atoms with Gasteiger partial charge in [-0.15, -0.1) is 0 Å². The summed E-state index contributed by atoms with van der Waals surface area (Å²) in [6.45, 7) is 0.0600. The highest BCUT2D eigenvalue weighted by Gasteiger charge is 2.15. The zero-order chi connectivity index (χ0) is 14.5. The molecule has 5 nitrogen and oxygen atoms in total. The topological polar surface area (TPSA) is 72.6 Å². The van der Waals surface area contributed by atoms with Crippen molar-refractivity contribution in [3.05, 3.63) is 67.3 Å². The maximum Gasteiger partial charge on any atom is 0.310 e. The summed E-state index contributed by atoms with van der Waals surface area (Å²) < 4.78 is 6.62. The fourth-order valence-electron chi connectivity index (χ4n) is 1.67. The van der Waals surface area contributed by atoms with E-state index >= 15 is 0 Å². The maximum absolute atomic E-state index is 10.9. The highest BCUT2D eigenvalue weighted by atomic mass is 127. The van der Waals surface area contributed by atoms with Crippen LogP contribution < -0.4 is 4.74 Å². The van der Waals surface area contributed by atoms with Gasteiger partial charge in [-0.05, 0) is 58.0 Å². The van der Waals surface area contributed by atoms with Gasteiger partial charge in [-0.25, -0.2) is 0 Å². The first kappa shape index (κ1) is 14.7. The largest absolute Gasteiger partial charge is 0.482 e. The minimum atomic E-state index is -0.496. The third-order valence-electron chi connectivity index (χ3n) is 2.71. The van der Waals surface area contributed by atoms with Crippen molar-refractivity contribution in [2.24, 2.45) is 0 Å². The Morgan fingerprint density at radius 3 is 2.40 bits per heavy atom. The van der Waals surface area contributed by atoms with E-state index in [9.17, 15) is 10.1 Å². The van der Waals surface area contributed by atoms with Crippen LogP contribution in [-0.2, 0) is 13.2 Å². The molecule has 2 aromatic rings. The van der Waals surface area contributed by atoms with Crippen molar-refractivity contribution in [1.29, 1.82) is 0 Å². The van der Waals surface area contributed by atoms with Crippen molar-refractivity contribution in [1.82, 2.24) is 0 Å². The van der Waals surface area contributed by atoms with Gasteiger partial charge in [-0.1, -0.05) is 12.1 Å². The number of aliphatic hydroxyl groups is 1. The molecule has 0 aliphatic rings. The first-order valence-electron chi connectivity index (χ1n) is 5.85. The average Bonchev–Trinajstić information content (AvgIpc) is 2.46. The molecule has 0 saturated carbocycles. The van der Waals surface area contributed by atoms with Crippen molar-refractivity contribution >= 4 is 28.3 Å². The summed E-state index contributed by atoms with van der Waals surface area (Å²) in [5.41, 5.74) is 1.40. The first-order chi connectivity index (χ1) is 9.60. The molecule has 104 valence electrons. The number of nitrogens with zero attached hydrogens (tertiary/aromatic N) is 1. The van der Waals surface area contributed by atoms with Crippen LogP contribution in [0.4, 0.5) is 5.69 Å². The van der Waals surface area contributed by atoms with Crippen LogP contribution in [0.1, 0.15) is 11.1 Å². The first-order valence-corrected chi connectivity index (χ1v) is 6.93. The number of benzene rings is 2. The summed E-state index contributed by atoms with van der Waals surface area (Å²) in [6, 6.07) is 12.0. The average molecular weight is 385 g/mol. The lowest BCUT2D eigenvalue weighted by Gasteiger charge is -2.08. The number of nitro benzene ring substituents is 1. The van der Waals surface area contributed by atoms with Crippen molar-refractivity contribution < 1.29 is 14.8 Å². The number of halogens is 1. The predicted molar refractivity (Wildman–Crippen MR) is 82.5 cm³/mol. The van der Waals surface area contributed by atoms with E-state index in [4.69, 9.17) is 9.84 Å². The second-order valence-corrected chi connectivity index (χ2v) is 5.38. The Hall–Kier alpha value is -1.67. The standard InChI is InChI=1S/C14H12INO4/c15-12-4-1-10(2-5-12)9-20-14-7-11(8-17)3-6-13(14)16(18)19/h1-7,17H,8-9H2. The minimum absolute atomic E-state index is 0.104. The number of hydrogen-bond donors (Lipinski definition) is 1. The van der Waals surface area contributed by atoms with E-state index in [1.54, 1.807) is 0 Å². The molecular formula is C14H12INO4. The van der Waals surface area contributed by atoms with E-state index in [1.807, 2.05) is 24.3 Å². The number of rotatable bonds is 5. The zero-order valence-corrected chi connectivity index (χ0v) is 12.6. The Bertz CT molecular complexity index is 613. The van der Waals surface area contributed by atoms with Gasteiger partial charge in [-0.2, -0.15) is 0 Å². The lowest BCUT2D eigenvalue weighted by Crippen LogP contribution is -2.00. The molecule has 20 heavy (non-hydrogen) atoms. The molecule has 0 atom stereocenters. The molecule has 2 rings (SSSR count). The Labute approximate surface area is 129 Å². The third kappa shape index (κ3) is 3.67. The lowest BCUT2D eigenvalue weighted by molar-refractivity contribution is -0.386. The molecule has 6 heteroatoms. The molecule has 2 aromatic carbocycles. The Morgan fingerprint density at radius 2 is 1.80 bits per heavy atom. The van der Waals surface area contributed by atoms with Gasteiger partial charge >= 0.3 is 5.69 Å². The number of hydrogen-bond acceptors (Lipinski definition) is 4. The van der Waals surface area contributed by atoms with Crippen LogP contribution in [0.2, 0.25) is 0 Å². The normalized spacial score (nSPS) is 10.3. The fraction of sp³-hybridized carbons (Fsp3) is 0.143. The summed E-state index contributed by atoms with van der Waals surface area (Å²) in [5.74, 6) is 0.167. The molecule has 0 saturated heterocycles. The van der Waals surface area contributed by atoms with Gasteiger partial charge < -0.3 is 9.84 Å². The molecule has 1 N–H and O–H groups in total. The van der Waals surface area contributed by atoms with E-state index in [1.165, 1.54) is 18.2 Å². The quantitative estimate of drug-likeness (QED) is 0.487. The van der Waals surface area contributed by atoms with Gasteiger partial charge in [0.05, 0.1) is 11.5 Å². The van der Waals surface area contributed by atoms with Crippen LogP contribution in [0.3, 0.4) is 0 Å². The van der Waals surface area contributed by atoms with E-state index in [0.29, 0.717) is 5.56 Å². The van der Waals surface area contributed by atoms with Gasteiger partial charge in [0.2, 0.25) is 0 Å². The molecule has 0 spiro atoms. The van der Waals surface area contributed by atoms with E-state index in [-0.39, 0.29) is 24.7 Å². The summed E-state index contributed by atoms with van der Waals surface area (Å²) in [7, 11) is 0. The summed E-state index contributed by atoms with van der Waals surface area (Å²) in [5, 5.41) is 20.0. The van der Waals surface area contributed by atoms with Crippen molar-refractivity contribution in [3.8, 4) is 5.75 Å². The highest BCUT2D eigenvalue weighted by molar-refractivity contribution is 14.1. The van der Waals surface area contributed by atoms with Crippen molar-refractivity contribution in [3.63, 3.8) is 0 Å². The van der Waals surface area contributed by atoms with Crippen molar-refractivity contribution in [2.45, 2.75) is 13.2 Å². The molecule has 0 heterocycles. The third-order valence-corrected chi connectivity index (χ3v) is 3.43. The van der Waals surface area contributed by atoms with Gasteiger partial charge in [0.1, 0.15) is 6.61 Å². The summed E-state index contributed by atoms with van der Waals surface area (Å²) in [6.07, 6.45) is 0. The molecule has 0 radical (unpaired) electrons. The van der Waals surface area contributed by atoms with Gasteiger partial charge in [0, 0.05) is 9.64 Å². The number of aliphatic hydroxyl groups excluding tert-OH is 1. The second kappa shape index (κ2) is 6.67. The fourth-order valence-corrected chi connectivity index (χ4v) is 2.02. The second-order valence-electron chi connectivity index (χ2n) is 4.13. The smallest absolute Gasteiger partial charge is 0.310 e. The van der Waals surface area contributed by atoms with E-state index in [0.717, 1.165) is 9.13 Å². The van der Waals surface area contributed by atoms with Crippen LogP contribution in [-0.4, -0.2) is 10.0 Å². The minimum Gasteiger partial charge on any atom is -0.482 e. The van der Waals surface area contributed by atoms with Gasteiger partial charge in [0.25, 0.3) is 0 Å². The molecule has 0 unspecified atom stereocenters. The highest BCUT2D eigenvalue weighted by Crippen LogP contribution is 2.28. The van der Waals surface area contributed by atoms with E-state index < -0.39 is 4.92 Å². The molecule has 0 fully saturated rings. The Kier molecular flexibility index (Phi) is 4.91. The van der Waals surface area contributed by atoms with Crippen LogP contribution in [0, 0.1) is 13.7 Å². The van der Waals surface area contributed by atoms with Gasteiger partial charge in [0.15, 0.2) is 5.75 Å². The SMILES string of the molecule is O=[N+]([O-])c1ccc(CO)cc1OCc1ccc(I)cc1. The zero-order valence-electron chi connectivity index (χ0n) is 10.5. The molecule has 0 bridgehead atoms. The maximum atomic E-state index is 10.9. The molecule has 0 aliphatic heterocycles. The van der Waals surface area contributed by atoms with Crippen LogP contribution in [0.15, 0.2) is 42.5 Å². The summed E-state index contributed by atoms with van der Waals surface area (Å²) >= 11 is 2.20. The van der Waals surface area contributed by atoms with Crippen LogP contribution in [0.5, 0.6) is 5.75 Å². The molecular weight excluding hydrogens is 373 g/mol. The lowest BCUT2D eigenvalue weighted by atomic mass is 10.2. The number of nitro groups is 1. The van der Waals surface area contributed by atoms with E-state index in [2.05, 4.69) is 22.6 Å². The number of ether oxygens (including phenoxy) is 1. The summed E-state index contributed by atoms with van der Waals surface area (Å²) in [4.78, 5) is 10.4. The molecule has 0 aliphatic carbocycles. The Balaban J connectivity index is 2.18. The van der Waals surface area contributed by atoms with Crippen LogP contribution >= 0.6 is 22.6 Å². The molecule has 0 aromatic heterocycles.